The summed E-state index contributed by atoms with van der Waals surface area (Å²) in [4.78, 5) is 10.4. The summed E-state index contributed by atoms with van der Waals surface area (Å²) in [6.45, 7) is 4.85. The number of benzene rings is 1. The van der Waals surface area contributed by atoms with Crippen LogP contribution in [0.2, 0.25) is 5.28 Å². The van der Waals surface area contributed by atoms with E-state index in [1.807, 2.05) is 4.90 Å². The monoisotopic (exact) mass is 468 g/mol. The molecule has 2 fully saturated rings. The number of nitrogens with zero attached hydrogens (tertiary/aromatic N) is 3. The Hall–Kier alpha value is -1.93. The summed E-state index contributed by atoms with van der Waals surface area (Å²) in [6.07, 6.45) is 4.53. The zero-order valence-electron chi connectivity index (χ0n) is 19.1. The fourth-order valence-electron chi connectivity index (χ4n) is 5.13. The van der Waals surface area contributed by atoms with E-state index in [1.54, 1.807) is 12.1 Å². The summed E-state index contributed by atoms with van der Waals surface area (Å²) in [5.74, 6) is -1.68. The van der Waals surface area contributed by atoms with Crippen molar-refractivity contribution in [1.29, 1.82) is 0 Å². The van der Waals surface area contributed by atoms with Crippen LogP contribution in [0.3, 0.4) is 0 Å². The molecule has 0 amide bonds. The van der Waals surface area contributed by atoms with Gasteiger partial charge in [0, 0.05) is 24.0 Å². The number of anilines is 1. The van der Waals surface area contributed by atoms with Crippen LogP contribution in [0.5, 0.6) is 11.5 Å². The third-order valence-electron chi connectivity index (χ3n) is 6.81. The Labute approximate surface area is 192 Å². The Morgan fingerprint density at radius 3 is 2.50 bits per heavy atom. The average Bonchev–Trinajstić information content (AvgIpc) is 2.73. The van der Waals surface area contributed by atoms with Crippen LogP contribution in [0.25, 0.3) is 10.9 Å². The van der Waals surface area contributed by atoms with Crippen LogP contribution in [-0.2, 0) is 0 Å². The van der Waals surface area contributed by atoms with E-state index >= 15 is 8.78 Å². The predicted molar refractivity (Wildman–Crippen MR) is 122 cm³/mol. The molecule has 0 radical (unpaired) electrons. The molecule has 0 bridgehead atoms. The molecule has 2 aliphatic rings. The standard InChI is InChI=1S/C23H31ClF2N4O2/c1-22(2)8-5-6-14(12-22)30-9-7-19(23(25,26)13-30)28-20-15-10-17(31-3)18(32-4)11-16(15)27-21(24)29-20/h10-11,14,19H,5-9,12-13H2,1-4H3,(H,27,28,29). The largest absolute Gasteiger partial charge is 0.493 e. The van der Waals surface area contributed by atoms with Crippen molar-refractivity contribution >= 4 is 28.3 Å². The van der Waals surface area contributed by atoms with Crippen molar-refractivity contribution in [3.8, 4) is 11.5 Å². The van der Waals surface area contributed by atoms with Gasteiger partial charge >= 0.3 is 0 Å². The molecule has 1 aliphatic carbocycles. The number of nitrogens with one attached hydrogen (secondary N) is 1. The summed E-state index contributed by atoms with van der Waals surface area (Å²) in [5.41, 5.74) is 0.708. The Morgan fingerprint density at radius 1 is 1.12 bits per heavy atom. The molecule has 2 aromatic rings. The number of ether oxygens (including phenoxy) is 2. The molecule has 1 aromatic carbocycles. The molecule has 176 valence electrons. The van der Waals surface area contributed by atoms with Gasteiger partial charge in [-0.15, -0.1) is 0 Å². The van der Waals surface area contributed by atoms with Gasteiger partial charge in [-0.1, -0.05) is 20.3 Å². The molecule has 0 spiro atoms. The lowest BCUT2D eigenvalue weighted by atomic mass is 9.74. The topological polar surface area (TPSA) is 59.5 Å². The van der Waals surface area contributed by atoms with Crippen molar-refractivity contribution < 1.29 is 18.3 Å². The Morgan fingerprint density at radius 2 is 1.84 bits per heavy atom. The van der Waals surface area contributed by atoms with E-state index in [2.05, 4.69) is 29.1 Å². The van der Waals surface area contributed by atoms with Gasteiger partial charge in [0.25, 0.3) is 5.92 Å². The highest BCUT2D eigenvalue weighted by atomic mass is 35.5. The first-order valence-corrected chi connectivity index (χ1v) is 11.5. The number of fused-ring (bicyclic) bond motifs is 1. The number of aromatic nitrogens is 2. The second kappa shape index (κ2) is 8.78. The van der Waals surface area contributed by atoms with Crippen LogP contribution >= 0.6 is 11.6 Å². The van der Waals surface area contributed by atoms with Gasteiger partial charge in [0.05, 0.1) is 32.3 Å². The van der Waals surface area contributed by atoms with Gasteiger partial charge in [-0.3, -0.25) is 4.90 Å². The minimum Gasteiger partial charge on any atom is -0.493 e. The molecular formula is C23H31ClF2N4O2. The van der Waals surface area contributed by atoms with Crippen molar-refractivity contribution in [2.75, 3.05) is 32.6 Å². The second-order valence-corrected chi connectivity index (χ2v) is 10.0. The lowest BCUT2D eigenvalue weighted by Crippen LogP contribution is -2.58. The van der Waals surface area contributed by atoms with E-state index in [-0.39, 0.29) is 29.1 Å². The van der Waals surface area contributed by atoms with E-state index in [9.17, 15) is 0 Å². The lowest BCUT2D eigenvalue weighted by molar-refractivity contribution is -0.0919. The van der Waals surface area contributed by atoms with Gasteiger partial charge in [-0.2, -0.15) is 0 Å². The molecule has 32 heavy (non-hydrogen) atoms. The third-order valence-corrected chi connectivity index (χ3v) is 6.98. The highest BCUT2D eigenvalue weighted by Gasteiger charge is 2.47. The van der Waals surface area contributed by atoms with Crippen LogP contribution in [0.1, 0.15) is 46.0 Å². The first-order valence-electron chi connectivity index (χ1n) is 11.1. The summed E-state index contributed by atoms with van der Waals surface area (Å²) < 4.78 is 41.3. The SMILES string of the molecule is COc1cc2nc(Cl)nc(NC3CCN(C4CCCC(C)(C)C4)CC3(F)F)c2cc1OC. The molecule has 1 N–H and O–H groups in total. The Bertz CT molecular complexity index is 988. The molecule has 2 atom stereocenters. The fourth-order valence-corrected chi connectivity index (χ4v) is 5.30. The van der Waals surface area contributed by atoms with E-state index in [1.165, 1.54) is 14.2 Å². The van der Waals surface area contributed by atoms with Gasteiger partial charge in [0.2, 0.25) is 5.28 Å². The molecular weight excluding hydrogens is 438 g/mol. The Balaban J connectivity index is 1.57. The van der Waals surface area contributed by atoms with Crippen LogP contribution in [0, 0.1) is 5.41 Å². The summed E-state index contributed by atoms with van der Waals surface area (Å²) >= 11 is 6.10. The number of methoxy groups -OCH3 is 2. The highest BCUT2D eigenvalue weighted by Crippen LogP contribution is 2.41. The smallest absolute Gasteiger partial charge is 0.280 e. The van der Waals surface area contributed by atoms with Crippen molar-refractivity contribution in [2.24, 2.45) is 5.41 Å². The molecule has 2 heterocycles. The average molecular weight is 469 g/mol. The Kier molecular flexibility index (Phi) is 6.38. The quantitative estimate of drug-likeness (QED) is 0.593. The third kappa shape index (κ3) is 4.71. The zero-order valence-corrected chi connectivity index (χ0v) is 19.8. The molecule has 6 nitrogen and oxygen atoms in total. The lowest BCUT2D eigenvalue weighted by Gasteiger charge is -2.46. The van der Waals surface area contributed by atoms with Crippen molar-refractivity contribution in [1.82, 2.24) is 14.9 Å². The normalized spacial score (nSPS) is 25.5. The fraction of sp³-hybridized carbons (Fsp3) is 0.652. The molecule has 4 rings (SSSR count). The number of halogens is 3. The molecule has 1 saturated carbocycles. The van der Waals surface area contributed by atoms with Crippen LogP contribution < -0.4 is 14.8 Å². The van der Waals surface area contributed by atoms with Gasteiger partial charge in [0.1, 0.15) is 5.82 Å². The van der Waals surface area contributed by atoms with Crippen molar-refractivity contribution in [3.63, 3.8) is 0 Å². The second-order valence-electron chi connectivity index (χ2n) is 9.70. The van der Waals surface area contributed by atoms with Crippen LogP contribution in [0.4, 0.5) is 14.6 Å². The van der Waals surface area contributed by atoms with E-state index < -0.39 is 12.0 Å². The molecule has 1 aliphatic heterocycles. The number of rotatable bonds is 5. The van der Waals surface area contributed by atoms with Crippen LogP contribution in [0.15, 0.2) is 12.1 Å². The van der Waals surface area contributed by atoms with Gasteiger partial charge in [-0.25, -0.2) is 18.7 Å². The maximum Gasteiger partial charge on any atom is 0.280 e. The molecule has 1 aromatic heterocycles. The molecule has 9 heteroatoms. The minimum absolute atomic E-state index is 0.0163. The highest BCUT2D eigenvalue weighted by molar-refractivity contribution is 6.28. The molecule has 2 unspecified atom stereocenters. The number of hydrogen-bond acceptors (Lipinski definition) is 6. The zero-order chi connectivity index (χ0) is 23.1. The summed E-state index contributed by atoms with van der Waals surface area (Å²) in [5, 5.41) is 3.51. The van der Waals surface area contributed by atoms with E-state index in [4.69, 9.17) is 21.1 Å². The van der Waals surface area contributed by atoms with Gasteiger partial charge in [-0.05, 0) is 48.8 Å². The summed E-state index contributed by atoms with van der Waals surface area (Å²) in [6, 6.07) is 2.53. The van der Waals surface area contributed by atoms with E-state index in [0.717, 1.165) is 25.7 Å². The van der Waals surface area contributed by atoms with Gasteiger partial charge in [0.15, 0.2) is 11.5 Å². The van der Waals surface area contributed by atoms with Gasteiger partial charge < -0.3 is 14.8 Å². The van der Waals surface area contributed by atoms with Crippen LogP contribution in [-0.4, -0.2) is 60.2 Å². The number of hydrogen-bond donors (Lipinski definition) is 1. The maximum atomic E-state index is 15.3. The first-order chi connectivity index (χ1) is 15.1. The minimum atomic E-state index is -2.90. The molecule has 1 saturated heterocycles. The number of piperidine rings is 1. The first kappa shape index (κ1) is 23.2. The maximum absolute atomic E-state index is 15.3. The number of likely N-dealkylation sites (tertiary alicyclic amines) is 1. The predicted octanol–water partition coefficient (Wildman–Crippen LogP) is 5.39. The summed E-state index contributed by atoms with van der Waals surface area (Å²) in [7, 11) is 3.04. The van der Waals surface area contributed by atoms with Crippen molar-refractivity contribution in [2.45, 2.75) is 64.0 Å². The number of alkyl halides is 2. The van der Waals surface area contributed by atoms with Crippen molar-refractivity contribution in [3.05, 3.63) is 17.4 Å². The van der Waals surface area contributed by atoms with E-state index in [0.29, 0.717) is 35.4 Å².